The lowest BCUT2D eigenvalue weighted by Crippen LogP contribution is -2.21. The minimum absolute atomic E-state index is 0.0261. The molecular weight excluding hydrogens is 272 g/mol. The highest BCUT2D eigenvalue weighted by atomic mass is 35.5. The second-order valence-corrected chi connectivity index (χ2v) is 5.52. The standard InChI is InChI=1S/C12H11ClN2O2S/c1-15-12(16)11(13)10(7-14-15)18(17)8-9-5-3-2-4-6-9/h2-7H,8H2,1H3. The van der Waals surface area contributed by atoms with Crippen molar-refractivity contribution in [1.29, 1.82) is 0 Å². The van der Waals surface area contributed by atoms with E-state index in [4.69, 9.17) is 11.6 Å². The monoisotopic (exact) mass is 282 g/mol. The molecule has 1 atom stereocenters. The number of aromatic nitrogens is 2. The molecule has 0 fully saturated rings. The Morgan fingerprint density at radius 2 is 2.00 bits per heavy atom. The lowest BCUT2D eigenvalue weighted by molar-refractivity contribution is 0.672. The van der Waals surface area contributed by atoms with Gasteiger partial charge < -0.3 is 0 Å². The van der Waals surface area contributed by atoms with Crippen LogP contribution in [-0.4, -0.2) is 14.0 Å². The van der Waals surface area contributed by atoms with Crippen LogP contribution in [0.15, 0.2) is 46.2 Å². The van der Waals surface area contributed by atoms with Crippen LogP contribution in [-0.2, 0) is 23.6 Å². The molecule has 0 aliphatic heterocycles. The zero-order valence-corrected chi connectivity index (χ0v) is 11.2. The number of rotatable bonds is 3. The summed E-state index contributed by atoms with van der Waals surface area (Å²) in [5.74, 6) is 0.315. The van der Waals surface area contributed by atoms with Crippen molar-refractivity contribution in [3.63, 3.8) is 0 Å². The molecule has 0 spiro atoms. The summed E-state index contributed by atoms with van der Waals surface area (Å²) >= 11 is 5.89. The molecule has 4 nitrogen and oxygen atoms in total. The van der Waals surface area contributed by atoms with Crippen LogP contribution in [0.1, 0.15) is 5.56 Å². The first-order chi connectivity index (χ1) is 8.59. The molecule has 0 aliphatic carbocycles. The Kier molecular flexibility index (Phi) is 3.93. The fraction of sp³-hybridized carbons (Fsp3) is 0.167. The zero-order chi connectivity index (χ0) is 13.1. The number of nitrogens with zero attached hydrogens (tertiary/aromatic N) is 2. The molecule has 1 aromatic carbocycles. The molecule has 0 saturated heterocycles. The van der Waals surface area contributed by atoms with Gasteiger partial charge in [-0.3, -0.25) is 9.00 Å². The molecule has 2 aromatic rings. The van der Waals surface area contributed by atoms with Crippen LogP contribution >= 0.6 is 11.6 Å². The van der Waals surface area contributed by atoms with Crippen LogP contribution in [0, 0.1) is 0 Å². The molecule has 1 heterocycles. The molecule has 1 unspecified atom stereocenters. The number of hydrogen-bond donors (Lipinski definition) is 0. The third kappa shape index (κ3) is 2.68. The van der Waals surface area contributed by atoms with E-state index in [1.165, 1.54) is 13.2 Å². The Labute approximate surface area is 112 Å². The Morgan fingerprint density at radius 3 is 2.67 bits per heavy atom. The molecule has 0 bridgehead atoms. The van der Waals surface area contributed by atoms with Crippen molar-refractivity contribution in [2.24, 2.45) is 7.05 Å². The first-order valence-electron chi connectivity index (χ1n) is 5.23. The van der Waals surface area contributed by atoms with Gasteiger partial charge in [0.05, 0.1) is 27.6 Å². The zero-order valence-electron chi connectivity index (χ0n) is 9.67. The topological polar surface area (TPSA) is 52.0 Å². The maximum Gasteiger partial charge on any atom is 0.286 e. The predicted octanol–water partition coefficient (Wildman–Crippen LogP) is 1.74. The van der Waals surface area contributed by atoms with Gasteiger partial charge >= 0.3 is 0 Å². The van der Waals surface area contributed by atoms with Crippen molar-refractivity contribution in [3.8, 4) is 0 Å². The van der Waals surface area contributed by atoms with Gasteiger partial charge in [-0.1, -0.05) is 41.9 Å². The molecule has 0 saturated carbocycles. The maximum absolute atomic E-state index is 12.1. The lowest BCUT2D eigenvalue weighted by Gasteiger charge is -2.05. The number of hydrogen-bond acceptors (Lipinski definition) is 3. The van der Waals surface area contributed by atoms with E-state index in [1.807, 2.05) is 30.3 Å². The predicted molar refractivity (Wildman–Crippen MR) is 71.0 cm³/mol. The van der Waals surface area contributed by atoms with Crippen molar-refractivity contribution >= 4 is 22.4 Å². The van der Waals surface area contributed by atoms with Crippen LogP contribution in [0.5, 0.6) is 0 Å². The van der Waals surface area contributed by atoms with Gasteiger partial charge in [0.15, 0.2) is 0 Å². The third-order valence-electron chi connectivity index (χ3n) is 2.43. The van der Waals surface area contributed by atoms with Gasteiger partial charge in [-0.2, -0.15) is 5.10 Å². The second-order valence-electron chi connectivity index (χ2n) is 3.73. The van der Waals surface area contributed by atoms with Crippen molar-refractivity contribution in [2.75, 3.05) is 0 Å². The van der Waals surface area contributed by atoms with E-state index >= 15 is 0 Å². The van der Waals surface area contributed by atoms with Crippen molar-refractivity contribution in [2.45, 2.75) is 10.6 Å². The van der Waals surface area contributed by atoms with E-state index in [1.54, 1.807) is 0 Å². The molecule has 0 aliphatic rings. The molecule has 94 valence electrons. The Hall–Kier alpha value is -1.46. The van der Waals surface area contributed by atoms with Gasteiger partial charge in [-0.05, 0) is 5.56 Å². The summed E-state index contributed by atoms with van der Waals surface area (Å²) in [5.41, 5.74) is 0.489. The van der Waals surface area contributed by atoms with Crippen molar-refractivity contribution in [1.82, 2.24) is 9.78 Å². The summed E-state index contributed by atoms with van der Waals surface area (Å²) in [7, 11) is 0.126. The van der Waals surface area contributed by atoms with Crippen LogP contribution in [0.25, 0.3) is 0 Å². The normalized spacial score (nSPS) is 12.3. The Morgan fingerprint density at radius 1 is 1.33 bits per heavy atom. The highest BCUT2D eigenvalue weighted by Gasteiger charge is 2.13. The molecule has 0 radical (unpaired) electrons. The summed E-state index contributed by atoms with van der Waals surface area (Å²) in [4.78, 5) is 11.9. The molecule has 6 heteroatoms. The van der Waals surface area contributed by atoms with E-state index in [2.05, 4.69) is 5.10 Å². The fourth-order valence-corrected chi connectivity index (χ4v) is 2.99. The first-order valence-corrected chi connectivity index (χ1v) is 6.93. The van der Waals surface area contributed by atoms with Gasteiger partial charge in [0.2, 0.25) is 0 Å². The van der Waals surface area contributed by atoms with Gasteiger partial charge in [0.25, 0.3) is 5.56 Å². The van der Waals surface area contributed by atoms with Gasteiger partial charge in [-0.15, -0.1) is 0 Å². The van der Waals surface area contributed by atoms with E-state index < -0.39 is 16.4 Å². The first kappa shape index (κ1) is 13.0. The number of benzene rings is 1. The van der Waals surface area contributed by atoms with Crippen LogP contribution in [0.2, 0.25) is 5.02 Å². The minimum Gasteiger partial charge on any atom is -0.266 e. The largest absolute Gasteiger partial charge is 0.286 e. The van der Waals surface area contributed by atoms with E-state index in [0.717, 1.165) is 10.2 Å². The molecule has 18 heavy (non-hydrogen) atoms. The Balaban J connectivity index is 2.31. The third-order valence-corrected chi connectivity index (χ3v) is 4.31. The number of aryl methyl sites for hydroxylation is 1. The summed E-state index contributed by atoms with van der Waals surface area (Å²) in [5, 5.41) is 3.80. The van der Waals surface area contributed by atoms with Crippen molar-refractivity contribution in [3.05, 3.63) is 57.5 Å². The smallest absolute Gasteiger partial charge is 0.266 e. The molecule has 2 rings (SSSR count). The quantitative estimate of drug-likeness (QED) is 0.862. The lowest BCUT2D eigenvalue weighted by atomic mass is 10.2. The molecule has 0 amide bonds. The molecule has 1 aromatic heterocycles. The summed E-state index contributed by atoms with van der Waals surface area (Å²) in [6.07, 6.45) is 1.38. The summed E-state index contributed by atoms with van der Waals surface area (Å²) < 4.78 is 13.3. The van der Waals surface area contributed by atoms with E-state index in [-0.39, 0.29) is 9.92 Å². The van der Waals surface area contributed by atoms with Gasteiger partial charge in [0, 0.05) is 7.05 Å². The van der Waals surface area contributed by atoms with Crippen LogP contribution in [0.4, 0.5) is 0 Å². The average molecular weight is 283 g/mol. The van der Waals surface area contributed by atoms with Crippen LogP contribution in [0.3, 0.4) is 0 Å². The van der Waals surface area contributed by atoms with Crippen molar-refractivity contribution < 1.29 is 4.21 Å². The highest BCUT2D eigenvalue weighted by molar-refractivity contribution is 7.84. The summed E-state index contributed by atoms with van der Waals surface area (Å²) in [6, 6.07) is 9.38. The average Bonchev–Trinajstić information content (AvgIpc) is 2.37. The fourth-order valence-electron chi connectivity index (χ4n) is 1.46. The van der Waals surface area contributed by atoms with Crippen LogP contribution < -0.4 is 5.56 Å². The Bertz CT molecular complexity index is 640. The van der Waals surface area contributed by atoms with Gasteiger partial charge in [-0.25, -0.2) is 4.68 Å². The number of halogens is 1. The SMILES string of the molecule is Cn1ncc(S(=O)Cc2ccccc2)c(Cl)c1=O. The minimum atomic E-state index is -1.37. The second kappa shape index (κ2) is 5.46. The van der Waals surface area contributed by atoms with Gasteiger partial charge in [0.1, 0.15) is 5.02 Å². The summed E-state index contributed by atoms with van der Waals surface area (Å²) in [6.45, 7) is 0. The maximum atomic E-state index is 12.1. The highest BCUT2D eigenvalue weighted by Crippen LogP contribution is 2.17. The molecular formula is C12H11ClN2O2S. The van der Waals surface area contributed by atoms with E-state index in [9.17, 15) is 9.00 Å². The molecule has 0 N–H and O–H groups in total. The van der Waals surface area contributed by atoms with E-state index in [0.29, 0.717) is 5.75 Å².